The van der Waals surface area contributed by atoms with Crippen molar-refractivity contribution >= 4 is 34.2 Å². The van der Waals surface area contributed by atoms with E-state index >= 15 is 0 Å². The number of amides is 3. The minimum atomic E-state index is -0.411. The van der Waals surface area contributed by atoms with Gasteiger partial charge in [0.25, 0.3) is 17.7 Å². The van der Waals surface area contributed by atoms with E-state index in [0.29, 0.717) is 17.1 Å². The minimum Gasteiger partial charge on any atom is -0.497 e. The molecular formula is C21H18N4O4S. The number of anilines is 1. The van der Waals surface area contributed by atoms with Gasteiger partial charge in [0, 0.05) is 12.1 Å². The van der Waals surface area contributed by atoms with Gasteiger partial charge in [0.15, 0.2) is 0 Å². The Labute approximate surface area is 176 Å². The van der Waals surface area contributed by atoms with Crippen LogP contribution in [0.25, 0.3) is 0 Å². The predicted octanol–water partition coefficient (Wildman–Crippen LogP) is 2.95. The fourth-order valence-corrected chi connectivity index (χ4v) is 3.77. The van der Waals surface area contributed by atoms with Crippen LogP contribution in [0.15, 0.2) is 42.5 Å². The van der Waals surface area contributed by atoms with Gasteiger partial charge in [0.05, 0.1) is 18.2 Å². The van der Waals surface area contributed by atoms with Crippen LogP contribution in [-0.4, -0.2) is 46.5 Å². The molecule has 9 heteroatoms. The molecule has 0 aliphatic carbocycles. The first kappa shape index (κ1) is 19.7. The lowest BCUT2D eigenvalue weighted by atomic mass is 10.1. The molecule has 1 aromatic heterocycles. The summed E-state index contributed by atoms with van der Waals surface area (Å²) >= 11 is 1.25. The smallest absolute Gasteiger partial charge is 0.261 e. The van der Waals surface area contributed by atoms with Gasteiger partial charge >= 0.3 is 0 Å². The Morgan fingerprint density at radius 2 is 1.80 bits per heavy atom. The number of nitrogens with zero attached hydrogens (tertiary/aromatic N) is 3. The van der Waals surface area contributed by atoms with E-state index in [2.05, 4.69) is 15.5 Å². The summed E-state index contributed by atoms with van der Waals surface area (Å²) in [5, 5.41) is 11.5. The average Bonchev–Trinajstić information content (AvgIpc) is 3.27. The summed E-state index contributed by atoms with van der Waals surface area (Å²) in [6.07, 6.45) is 0.527. The molecule has 152 valence electrons. The van der Waals surface area contributed by atoms with Crippen LogP contribution in [-0.2, 0) is 6.42 Å². The zero-order valence-electron chi connectivity index (χ0n) is 16.3. The number of aromatic nitrogens is 2. The molecule has 0 radical (unpaired) electrons. The third kappa shape index (κ3) is 3.79. The number of carbonyl (C=O) groups is 3. The zero-order chi connectivity index (χ0) is 21.3. The second-order valence-corrected chi connectivity index (χ2v) is 7.88. The van der Waals surface area contributed by atoms with Crippen LogP contribution in [0.4, 0.5) is 5.13 Å². The normalized spacial score (nSPS) is 12.8. The summed E-state index contributed by atoms with van der Waals surface area (Å²) in [5.41, 5.74) is 1.80. The molecule has 0 fully saturated rings. The molecule has 0 saturated carbocycles. The van der Waals surface area contributed by atoms with Crippen LogP contribution >= 0.6 is 11.3 Å². The number of aryl methyl sites for hydroxylation is 1. The van der Waals surface area contributed by atoms with E-state index in [0.717, 1.165) is 16.3 Å². The van der Waals surface area contributed by atoms with Crippen LogP contribution in [0.3, 0.4) is 0 Å². The molecule has 2 aromatic carbocycles. The van der Waals surface area contributed by atoms with Crippen molar-refractivity contribution in [2.45, 2.75) is 13.3 Å². The number of hydrogen-bond acceptors (Lipinski definition) is 7. The van der Waals surface area contributed by atoms with Crippen molar-refractivity contribution in [3.63, 3.8) is 0 Å². The molecule has 0 spiro atoms. The van der Waals surface area contributed by atoms with Crippen molar-refractivity contribution < 1.29 is 19.1 Å². The van der Waals surface area contributed by atoms with Crippen molar-refractivity contribution in [1.82, 2.24) is 15.1 Å². The van der Waals surface area contributed by atoms with E-state index in [1.54, 1.807) is 14.0 Å². The second-order valence-electron chi connectivity index (χ2n) is 6.70. The molecule has 0 saturated heterocycles. The number of benzene rings is 2. The number of ether oxygens (including phenoxy) is 1. The molecular weight excluding hydrogens is 404 g/mol. The van der Waals surface area contributed by atoms with Crippen LogP contribution in [0.2, 0.25) is 0 Å². The molecule has 1 aliphatic rings. The molecule has 4 rings (SSSR count). The summed E-state index contributed by atoms with van der Waals surface area (Å²) in [4.78, 5) is 39.1. The second kappa shape index (κ2) is 8.03. The van der Waals surface area contributed by atoms with Crippen LogP contribution < -0.4 is 10.1 Å². The first-order valence-electron chi connectivity index (χ1n) is 9.21. The van der Waals surface area contributed by atoms with Gasteiger partial charge in [0.1, 0.15) is 10.8 Å². The largest absolute Gasteiger partial charge is 0.497 e. The lowest BCUT2D eigenvalue weighted by Gasteiger charge is -2.13. The minimum absolute atomic E-state index is 0.232. The highest BCUT2D eigenvalue weighted by molar-refractivity contribution is 7.15. The molecule has 0 atom stereocenters. The summed E-state index contributed by atoms with van der Waals surface area (Å²) < 4.78 is 5.13. The number of fused-ring (bicyclic) bond motifs is 1. The van der Waals surface area contributed by atoms with E-state index in [1.807, 2.05) is 24.3 Å². The maximum absolute atomic E-state index is 12.8. The van der Waals surface area contributed by atoms with Gasteiger partial charge in [-0.2, -0.15) is 0 Å². The third-order valence-corrected chi connectivity index (χ3v) is 5.52. The zero-order valence-corrected chi connectivity index (χ0v) is 17.2. The molecule has 3 amide bonds. The maximum Gasteiger partial charge on any atom is 0.261 e. The van der Waals surface area contributed by atoms with Crippen LogP contribution in [0.1, 0.15) is 41.6 Å². The Bertz CT molecular complexity index is 1140. The number of methoxy groups -OCH3 is 1. The molecule has 1 N–H and O–H groups in total. The van der Waals surface area contributed by atoms with E-state index in [1.165, 1.54) is 34.4 Å². The number of hydrogen-bond donors (Lipinski definition) is 1. The van der Waals surface area contributed by atoms with E-state index in [-0.39, 0.29) is 23.6 Å². The van der Waals surface area contributed by atoms with E-state index in [9.17, 15) is 14.4 Å². The van der Waals surface area contributed by atoms with Crippen molar-refractivity contribution in [2.75, 3.05) is 19.0 Å². The molecule has 0 unspecified atom stereocenters. The van der Waals surface area contributed by atoms with Gasteiger partial charge in [-0.05, 0) is 49.2 Å². The van der Waals surface area contributed by atoms with Gasteiger partial charge in [-0.3, -0.25) is 24.6 Å². The lowest BCUT2D eigenvalue weighted by molar-refractivity contribution is 0.0656. The summed E-state index contributed by atoms with van der Waals surface area (Å²) in [6, 6.07) is 12.0. The third-order valence-electron chi connectivity index (χ3n) is 4.76. The monoisotopic (exact) mass is 422 g/mol. The average molecular weight is 422 g/mol. The van der Waals surface area contributed by atoms with Crippen LogP contribution in [0, 0.1) is 6.92 Å². The SMILES string of the molecule is COc1ccc(CCN2C(=O)c3ccc(C(=O)Nc4nnc(C)s4)cc3C2=O)cc1. The lowest BCUT2D eigenvalue weighted by Crippen LogP contribution is -2.31. The van der Waals surface area contributed by atoms with Gasteiger partial charge in [-0.15, -0.1) is 10.2 Å². The highest BCUT2D eigenvalue weighted by Crippen LogP contribution is 2.25. The van der Waals surface area contributed by atoms with Crippen molar-refractivity contribution in [2.24, 2.45) is 0 Å². The van der Waals surface area contributed by atoms with Gasteiger partial charge in [0.2, 0.25) is 5.13 Å². The quantitative estimate of drug-likeness (QED) is 0.613. The van der Waals surface area contributed by atoms with Crippen molar-refractivity contribution in [3.05, 3.63) is 69.7 Å². The number of imide groups is 1. The molecule has 2 heterocycles. The molecule has 8 nitrogen and oxygen atoms in total. The Balaban J connectivity index is 1.47. The molecule has 0 bridgehead atoms. The summed E-state index contributed by atoms with van der Waals surface area (Å²) in [5.74, 6) is -0.417. The Morgan fingerprint density at radius 1 is 1.07 bits per heavy atom. The van der Waals surface area contributed by atoms with Gasteiger partial charge in [-0.1, -0.05) is 23.5 Å². The fraction of sp³-hybridized carbons (Fsp3) is 0.190. The summed E-state index contributed by atoms with van der Waals surface area (Å²) in [7, 11) is 1.59. The molecule has 30 heavy (non-hydrogen) atoms. The Kier molecular flexibility index (Phi) is 5.28. The Hall–Kier alpha value is -3.59. The topological polar surface area (TPSA) is 101 Å². The maximum atomic E-state index is 12.8. The Morgan fingerprint density at radius 3 is 2.47 bits per heavy atom. The van der Waals surface area contributed by atoms with E-state index < -0.39 is 11.8 Å². The van der Waals surface area contributed by atoms with Crippen LogP contribution in [0.5, 0.6) is 5.75 Å². The highest BCUT2D eigenvalue weighted by atomic mass is 32.1. The highest BCUT2D eigenvalue weighted by Gasteiger charge is 2.35. The molecule has 3 aromatic rings. The van der Waals surface area contributed by atoms with Gasteiger partial charge < -0.3 is 4.74 Å². The van der Waals surface area contributed by atoms with Gasteiger partial charge in [-0.25, -0.2) is 0 Å². The standard InChI is InChI=1S/C21H18N4O4S/c1-12-23-24-21(30-12)22-18(26)14-5-8-16-17(11-14)20(28)25(19(16)27)10-9-13-3-6-15(29-2)7-4-13/h3-8,11H,9-10H2,1-2H3,(H,22,24,26). The summed E-state index contributed by atoms with van der Waals surface area (Å²) in [6.45, 7) is 2.04. The first-order chi connectivity index (χ1) is 14.5. The number of carbonyl (C=O) groups excluding carboxylic acids is 3. The molecule has 1 aliphatic heterocycles. The number of nitrogens with one attached hydrogen (secondary N) is 1. The number of rotatable bonds is 6. The predicted molar refractivity (Wildman–Crippen MR) is 111 cm³/mol. The fourth-order valence-electron chi connectivity index (χ4n) is 3.18. The first-order valence-corrected chi connectivity index (χ1v) is 10.0. The van der Waals surface area contributed by atoms with Crippen molar-refractivity contribution in [3.8, 4) is 5.75 Å². The van der Waals surface area contributed by atoms with Crippen molar-refractivity contribution in [1.29, 1.82) is 0 Å². The van der Waals surface area contributed by atoms with E-state index in [4.69, 9.17) is 4.74 Å².